The second-order valence-corrected chi connectivity index (χ2v) is 6.51. The molecule has 28 heavy (non-hydrogen) atoms. The maximum Gasteiger partial charge on any atom is 0.405 e. The number of alkyl halides is 6. The van der Waals surface area contributed by atoms with Gasteiger partial charge >= 0.3 is 12.4 Å². The standard InChI is InChI=1S/C16H17F6N3O3/c1-9-6-13(24-4-2-10(3-5-24)16(20,21)22)11(7-12(9)25(27)28)14(26)23-8-15(17,18)19/h6-7,10H,2-5,8H2,1H3,(H,23,26). The van der Waals surface area contributed by atoms with Gasteiger partial charge in [0.25, 0.3) is 11.6 Å². The number of nitrogens with zero attached hydrogens (tertiary/aromatic N) is 2. The van der Waals surface area contributed by atoms with Crippen molar-refractivity contribution in [2.24, 2.45) is 5.92 Å². The van der Waals surface area contributed by atoms with Gasteiger partial charge in [-0.15, -0.1) is 0 Å². The Morgan fingerprint density at radius 2 is 1.79 bits per heavy atom. The van der Waals surface area contributed by atoms with Crippen molar-refractivity contribution in [3.8, 4) is 0 Å². The molecule has 0 saturated carbocycles. The van der Waals surface area contributed by atoms with Crippen molar-refractivity contribution >= 4 is 17.3 Å². The van der Waals surface area contributed by atoms with E-state index in [4.69, 9.17) is 0 Å². The second-order valence-electron chi connectivity index (χ2n) is 6.51. The Hall–Kier alpha value is -2.53. The summed E-state index contributed by atoms with van der Waals surface area (Å²) >= 11 is 0. The van der Waals surface area contributed by atoms with Gasteiger partial charge in [0.15, 0.2) is 0 Å². The van der Waals surface area contributed by atoms with Gasteiger partial charge in [0, 0.05) is 24.7 Å². The number of rotatable bonds is 4. The number of hydrogen-bond acceptors (Lipinski definition) is 4. The Kier molecular flexibility index (Phi) is 6.09. The van der Waals surface area contributed by atoms with E-state index < -0.39 is 41.3 Å². The number of aryl methyl sites for hydroxylation is 1. The molecule has 1 heterocycles. The summed E-state index contributed by atoms with van der Waals surface area (Å²) in [7, 11) is 0. The zero-order chi connectivity index (χ0) is 21.3. The molecule has 1 amide bonds. The summed E-state index contributed by atoms with van der Waals surface area (Å²) in [6, 6.07) is 2.10. The van der Waals surface area contributed by atoms with Crippen molar-refractivity contribution in [1.29, 1.82) is 0 Å². The zero-order valence-corrected chi connectivity index (χ0v) is 14.7. The molecule has 12 heteroatoms. The zero-order valence-electron chi connectivity index (χ0n) is 14.7. The molecule has 1 N–H and O–H groups in total. The number of amides is 1. The fourth-order valence-corrected chi connectivity index (χ4v) is 3.04. The minimum atomic E-state index is -4.68. The minimum Gasteiger partial charge on any atom is -0.371 e. The van der Waals surface area contributed by atoms with E-state index in [1.54, 1.807) is 5.32 Å². The highest BCUT2D eigenvalue weighted by atomic mass is 19.4. The third kappa shape index (κ3) is 5.26. The highest BCUT2D eigenvalue weighted by Gasteiger charge is 2.41. The van der Waals surface area contributed by atoms with Gasteiger partial charge in [0.1, 0.15) is 6.54 Å². The van der Waals surface area contributed by atoms with E-state index in [0.717, 1.165) is 6.07 Å². The number of piperidine rings is 1. The number of nitro benzene ring substituents is 1. The lowest BCUT2D eigenvalue weighted by molar-refractivity contribution is -0.385. The monoisotopic (exact) mass is 413 g/mol. The first-order chi connectivity index (χ1) is 12.8. The second kappa shape index (κ2) is 7.84. The average molecular weight is 413 g/mol. The molecule has 0 atom stereocenters. The van der Waals surface area contributed by atoms with Crippen LogP contribution in [0.15, 0.2) is 12.1 Å². The molecular weight excluding hydrogens is 396 g/mol. The number of anilines is 1. The van der Waals surface area contributed by atoms with Crippen molar-refractivity contribution in [3.63, 3.8) is 0 Å². The van der Waals surface area contributed by atoms with E-state index in [-0.39, 0.29) is 42.7 Å². The lowest BCUT2D eigenvalue weighted by atomic mass is 9.95. The normalized spacial score (nSPS) is 16.2. The van der Waals surface area contributed by atoms with Crippen LogP contribution in [-0.4, -0.2) is 42.8 Å². The Balaban J connectivity index is 2.33. The first-order valence-electron chi connectivity index (χ1n) is 8.25. The lowest BCUT2D eigenvalue weighted by Crippen LogP contribution is -2.40. The molecule has 1 aromatic carbocycles. The number of halogens is 6. The van der Waals surface area contributed by atoms with Crippen molar-refractivity contribution in [3.05, 3.63) is 33.4 Å². The molecule has 0 spiro atoms. The Bertz CT molecular complexity index is 755. The van der Waals surface area contributed by atoms with Gasteiger partial charge in [-0.2, -0.15) is 26.3 Å². The van der Waals surface area contributed by atoms with Crippen LogP contribution in [0, 0.1) is 23.0 Å². The summed E-state index contributed by atoms with van der Waals surface area (Å²) in [6.45, 7) is -0.424. The first kappa shape index (κ1) is 21.8. The molecule has 156 valence electrons. The fourth-order valence-electron chi connectivity index (χ4n) is 3.04. The maximum absolute atomic E-state index is 12.8. The summed E-state index contributed by atoms with van der Waals surface area (Å²) < 4.78 is 75.6. The smallest absolute Gasteiger partial charge is 0.371 e. The fraction of sp³-hybridized carbons (Fsp3) is 0.562. The molecule has 0 bridgehead atoms. The van der Waals surface area contributed by atoms with E-state index >= 15 is 0 Å². The van der Waals surface area contributed by atoms with Crippen LogP contribution in [0.5, 0.6) is 0 Å². The van der Waals surface area contributed by atoms with E-state index in [1.807, 2.05) is 0 Å². The van der Waals surface area contributed by atoms with Crippen molar-refractivity contribution in [1.82, 2.24) is 5.32 Å². The van der Waals surface area contributed by atoms with Crippen LogP contribution in [0.3, 0.4) is 0 Å². The summed E-state index contributed by atoms with van der Waals surface area (Å²) in [5.41, 5.74) is -0.633. The van der Waals surface area contributed by atoms with Crippen LogP contribution in [-0.2, 0) is 0 Å². The van der Waals surface area contributed by atoms with E-state index in [0.29, 0.717) is 0 Å². The summed E-state index contributed by atoms with van der Waals surface area (Å²) in [5.74, 6) is -2.70. The quantitative estimate of drug-likeness (QED) is 0.461. The van der Waals surface area contributed by atoms with Crippen molar-refractivity contribution < 1.29 is 36.1 Å². The number of benzene rings is 1. The largest absolute Gasteiger partial charge is 0.405 e. The number of carbonyl (C=O) groups is 1. The molecule has 1 aliphatic rings. The van der Waals surface area contributed by atoms with Gasteiger partial charge in [-0.1, -0.05) is 0 Å². The van der Waals surface area contributed by atoms with E-state index in [1.165, 1.54) is 17.9 Å². The van der Waals surface area contributed by atoms with Crippen LogP contribution in [0.4, 0.5) is 37.7 Å². The van der Waals surface area contributed by atoms with Crippen LogP contribution in [0.2, 0.25) is 0 Å². The molecule has 1 aliphatic heterocycles. The van der Waals surface area contributed by atoms with Crippen molar-refractivity contribution in [2.45, 2.75) is 32.1 Å². The summed E-state index contributed by atoms with van der Waals surface area (Å²) in [5, 5.41) is 12.8. The van der Waals surface area contributed by atoms with E-state index in [9.17, 15) is 41.3 Å². The summed E-state index contributed by atoms with van der Waals surface area (Å²) in [4.78, 5) is 24.0. The number of carbonyl (C=O) groups excluding carboxylic acids is 1. The Labute approximate surface area is 155 Å². The molecule has 0 radical (unpaired) electrons. The number of nitro groups is 1. The van der Waals surface area contributed by atoms with Gasteiger partial charge in [-0.25, -0.2) is 0 Å². The first-order valence-corrected chi connectivity index (χ1v) is 8.25. The van der Waals surface area contributed by atoms with Gasteiger partial charge in [0.2, 0.25) is 0 Å². The van der Waals surface area contributed by atoms with Crippen LogP contribution in [0.1, 0.15) is 28.8 Å². The molecule has 1 aromatic rings. The van der Waals surface area contributed by atoms with Gasteiger partial charge in [-0.05, 0) is 25.8 Å². The average Bonchev–Trinajstić information content (AvgIpc) is 2.58. The molecule has 1 fully saturated rings. The predicted octanol–water partition coefficient (Wildman–Crippen LogP) is 3.97. The number of nitrogens with one attached hydrogen (secondary N) is 1. The van der Waals surface area contributed by atoms with E-state index in [2.05, 4.69) is 0 Å². The van der Waals surface area contributed by atoms with Crippen LogP contribution in [0.25, 0.3) is 0 Å². The lowest BCUT2D eigenvalue weighted by Gasteiger charge is -2.35. The SMILES string of the molecule is Cc1cc(N2CCC(C(F)(F)F)CC2)c(C(=O)NCC(F)(F)F)cc1[N+](=O)[O-]. The topological polar surface area (TPSA) is 75.5 Å². The van der Waals surface area contributed by atoms with Gasteiger partial charge in [0.05, 0.1) is 22.1 Å². The third-order valence-corrected chi connectivity index (χ3v) is 4.50. The predicted molar refractivity (Wildman–Crippen MR) is 87.2 cm³/mol. The van der Waals surface area contributed by atoms with Gasteiger partial charge in [-0.3, -0.25) is 14.9 Å². The Morgan fingerprint density at radius 3 is 2.25 bits per heavy atom. The molecule has 1 saturated heterocycles. The highest BCUT2D eigenvalue weighted by molar-refractivity contribution is 6.01. The summed E-state index contributed by atoms with van der Waals surface area (Å²) in [6.07, 6.45) is -9.53. The van der Waals surface area contributed by atoms with Crippen LogP contribution < -0.4 is 10.2 Å². The Morgan fingerprint density at radius 1 is 1.21 bits per heavy atom. The van der Waals surface area contributed by atoms with Gasteiger partial charge < -0.3 is 10.2 Å². The highest BCUT2D eigenvalue weighted by Crippen LogP contribution is 2.37. The van der Waals surface area contributed by atoms with Crippen molar-refractivity contribution in [2.75, 3.05) is 24.5 Å². The van der Waals surface area contributed by atoms with Crippen LogP contribution >= 0.6 is 0 Å². The number of hydrogen-bond donors (Lipinski definition) is 1. The molecule has 0 aliphatic carbocycles. The molecule has 2 rings (SSSR count). The molecular formula is C16H17F6N3O3. The minimum absolute atomic E-state index is 0.0726. The maximum atomic E-state index is 12.8. The molecule has 0 aromatic heterocycles. The molecule has 0 unspecified atom stereocenters. The third-order valence-electron chi connectivity index (χ3n) is 4.50. The molecule has 6 nitrogen and oxygen atoms in total.